The molecular formula is C21H17F2N5O. The third-order valence-corrected chi connectivity index (χ3v) is 4.69. The first-order chi connectivity index (χ1) is 14.0. The topological polar surface area (TPSA) is 72.5 Å². The van der Waals surface area contributed by atoms with Crippen LogP contribution >= 0.6 is 0 Å². The highest BCUT2D eigenvalue weighted by Gasteiger charge is 2.25. The fraction of sp³-hybridized carbons (Fsp3) is 0.190. The molecule has 6 nitrogen and oxygen atoms in total. The fourth-order valence-corrected chi connectivity index (χ4v) is 3.25. The van der Waals surface area contributed by atoms with E-state index in [0.717, 1.165) is 5.56 Å². The van der Waals surface area contributed by atoms with Gasteiger partial charge in [-0.2, -0.15) is 5.10 Å². The zero-order valence-corrected chi connectivity index (χ0v) is 15.6. The smallest absolute Gasteiger partial charge is 0.184 e. The first-order valence-corrected chi connectivity index (χ1v) is 8.99. The van der Waals surface area contributed by atoms with E-state index in [2.05, 4.69) is 20.1 Å². The molecule has 0 radical (unpaired) electrons. The molecule has 29 heavy (non-hydrogen) atoms. The number of hydrogen-bond acceptors (Lipinski definition) is 5. The monoisotopic (exact) mass is 393 g/mol. The molecule has 1 aliphatic heterocycles. The summed E-state index contributed by atoms with van der Waals surface area (Å²) in [4.78, 5) is 25.3. The molecule has 8 heteroatoms. The number of aromatic nitrogens is 3. The highest BCUT2D eigenvalue weighted by atomic mass is 19.1. The van der Waals surface area contributed by atoms with E-state index in [9.17, 15) is 13.6 Å². The van der Waals surface area contributed by atoms with E-state index in [1.165, 1.54) is 30.6 Å². The second kappa shape index (κ2) is 7.83. The number of nitrogens with zero attached hydrogens (tertiary/aromatic N) is 5. The number of hydrogen-bond donors (Lipinski definition) is 0. The summed E-state index contributed by atoms with van der Waals surface area (Å²) in [6.45, 7) is 0.129. The van der Waals surface area contributed by atoms with Crippen molar-refractivity contribution in [2.75, 3.05) is 6.54 Å². The maximum Gasteiger partial charge on any atom is 0.184 e. The van der Waals surface area contributed by atoms with Crippen LogP contribution in [0, 0.1) is 11.6 Å². The minimum absolute atomic E-state index is 0.0259. The van der Waals surface area contributed by atoms with E-state index in [4.69, 9.17) is 0 Å². The van der Waals surface area contributed by atoms with Gasteiger partial charge in [-0.3, -0.25) is 19.5 Å². The number of Topliss-reactive ketones (excluding diaryl/α,β-unsaturated/α-hetero) is 1. The average molecular weight is 393 g/mol. The number of aliphatic imine (C=N–C) groups is 2. The van der Waals surface area contributed by atoms with Gasteiger partial charge in [-0.05, 0) is 35.4 Å². The van der Waals surface area contributed by atoms with Gasteiger partial charge in [0.1, 0.15) is 30.3 Å². The Morgan fingerprint density at radius 2 is 1.97 bits per heavy atom. The number of rotatable bonds is 5. The molecule has 0 saturated carbocycles. The van der Waals surface area contributed by atoms with Crippen molar-refractivity contribution >= 4 is 17.7 Å². The van der Waals surface area contributed by atoms with Crippen molar-refractivity contribution in [2.45, 2.75) is 13.0 Å². The molecule has 4 rings (SSSR count). The average Bonchev–Trinajstić information content (AvgIpc) is 3.10. The van der Waals surface area contributed by atoms with Crippen LogP contribution < -0.4 is 0 Å². The quantitative estimate of drug-likeness (QED) is 0.626. The number of carbonyl (C=O) groups is 1. The van der Waals surface area contributed by atoms with Crippen LogP contribution in [0.15, 0.2) is 52.7 Å². The summed E-state index contributed by atoms with van der Waals surface area (Å²) in [5.74, 6) is -0.368. The van der Waals surface area contributed by atoms with Crippen LogP contribution in [0.4, 0.5) is 8.78 Å². The van der Waals surface area contributed by atoms with Gasteiger partial charge in [-0.15, -0.1) is 0 Å². The molecular weight excluding hydrogens is 376 g/mol. The van der Waals surface area contributed by atoms with Crippen LogP contribution in [-0.2, 0) is 20.0 Å². The fourth-order valence-electron chi connectivity index (χ4n) is 3.25. The lowest BCUT2D eigenvalue weighted by atomic mass is 9.90. The lowest BCUT2D eigenvalue weighted by Gasteiger charge is -2.19. The first kappa shape index (κ1) is 18.8. The minimum atomic E-state index is -0.496. The Balaban J connectivity index is 1.68. The molecule has 0 atom stereocenters. The van der Waals surface area contributed by atoms with Crippen molar-refractivity contribution < 1.29 is 13.6 Å². The van der Waals surface area contributed by atoms with Crippen LogP contribution in [0.5, 0.6) is 0 Å². The maximum atomic E-state index is 14.2. The van der Waals surface area contributed by atoms with Crippen molar-refractivity contribution in [2.24, 2.45) is 17.0 Å². The van der Waals surface area contributed by atoms with Gasteiger partial charge in [0, 0.05) is 30.8 Å². The summed E-state index contributed by atoms with van der Waals surface area (Å²) in [6.07, 6.45) is 3.40. The van der Waals surface area contributed by atoms with Crippen LogP contribution in [0.25, 0.3) is 0 Å². The highest BCUT2D eigenvalue weighted by molar-refractivity contribution is 6.16. The molecule has 146 valence electrons. The number of benzene rings is 2. The van der Waals surface area contributed by atoms with Crippen molar-refractivity contribution in [1.82, 2.24) is 14.8 Å². The molecule has 1 aromatic heterocycles. The summed E-state index contributed by atoms with van der Waals surface area (Å²) in [6, 6.07) is 8.50. The molecule has 2 aromatic carbocycles. The molecule has 0 N–H and O–H groups in total. The molecule has 0 amide bonds. The second-order valence-electron chi connectivity index (χ2n) is 6.67. The SMILES string of the molecule is Cn1ncnc1CC1=NCC(=O)c2cc(F)cc(CN=Cc3ccc(F)cc3)c21. The molecule has 0 bridgehead atoms. The van der Waals surface area contributed by atoms with Crippen LogP contribution in [0.3, 0.4) is 0 Å². The van der Waals surface area contributed by atoms with Gasteiger partial charge in [0.2, 0.25) is 0 Å². The van der Waals surface area contributed by atoms with Crippen molar-refractivity contribution in [3.05, 3.63) is 82.4 Å². The number of ketones is 1. The first-order valence-electron chi connectivity index (χ1n) is 8.99. The van der Waals surface area contributed by atoms with E-state index in [-0.39, 0.29) is 24.7 Å². The largest absolute Gasteiger partial charge is 0.292 e. The number of carbonyl (C=O) groups excluding carboxylic acids is 1. The summed E-state index contributed by atoms with van der Waals surface area (Å²) < 4.78 is 28.8. The molecule has 2 heterocycles. The van der Waals surface area contributed by atoms with E-state index < -0.39 is 5.82 Å². The maximum absolute atomic E-state index is 14.2. The van der Waals surface area contributed by atoms with Crippen molar-refractivity contribution in [3.63, 3.8) is 0 Å². The second-order valence-corrected chi connectivity index (χ2v) is 6.67. The standard InChI is InChI=1S/C21H17F2N5O/c1-28-20(26-12-27-28)8-18-21-14(6-16(23)7-17(21)19(29)11-25-18)10-24-9-13-2-4-15(22)5-3-13/h2-7,9,12H,8,10-11H2,1H3. The zero-order chi connectivity index (χ0) is 20.4. The Labute approximate surface area is 165 Å². The number of fused-ring (bicyclic) bond motifs is 1. The van der Waals surface area contributed by atoms with Crippen LogP contribution in [-0.4, -0.2) is 39.0 Å². The summed E-state index contributed by atoms with van der Waals surface area (Å²) in [5.41, 5.74) is 2.85. The molecule has 0 spiro atoms. The zero-order valence-electron chi connectivity index (χ0n) is 15.6. The lowest BCUT2D eigenvalue weighted by Crippen LogP contribution is -2.24. The molecule has 0 saturated heterocycles. The Kier molecular flexibility index (Phi) is 5.07. The van der Waals surface area contributed by atoms with Crippen molar-refractivity contribution in [1.29, 1.82) is 0 Å². The van der Waals surface area contributed by atoms with Gasteiger partial charge < -0.3 is 0 Å². The van der Waals surface area contributed by atoms with Gasteiger partial charge in [0.15, 0.2) is 5.78 Å². The number of aryl methyl sites for hydroxylation is 1. The predicted octanol–water partition coefficient (Wildman–Crippen LogP) is 2.94. The Bertz CT molecular complexity index is 1130. The molecule has 0 unspecified atom stereocenters. The third-order valence-electron chi connectivity index (χ3n) is 4.69. The van der Waals surface area contributed by atoms with E-state index in [0.29, 0.717) is 34.6 Å². The van der Waals surface area contributed by atoms with Crippen molar-refractivity contribution in [3.8, 4) is 0 Å². The third kappa shape index (κ3) is 4.01. The minimum Gasteiger partial charge on any atom is -0.292 e. The van der Waals surface area contributed by atoms with Crippen LogP contribution in [0.2, 0.25) is 0 Å². The lowest BCUT2D eigenvalue weighted by molar-refractivity contribution is 0.0999. The predicted molar refractivity (Wildman–Crippen MR) is 105 cm³/mol. The van der Waals surface area contributed by atoms with Crippen LogP contribution in [0.1, 0.15) is 32.9 Å². The van der Waals surface area contributed by atoms with E-state index >= 15 is 0 Å². The van der Waals surface area contributed by atoms with Gasteiger partial charge in [0.25, 0.3) is 0 Å². The summed E-state index contributed by atoms with van der Waals surface area (Å²) in [5, 5.41) is 4.05. The number of halogens is 2. The summed E-state index contributed by atoms with van der Waals surface area (Å²) in [7, 11) is 1.77. The van der Waals surface area contributed by atoms with E-state index in [1.807, 2.05) is 0 Å². The van der Waals surface area contributed by atoms with E-state index in [1.54, 1.807) is 30.1 Å². The van der Waals surface area contributed by atoms with Gasteiger partial charge in [-0.1, -0.05) is 12.1 Å². The molecule has 0 aliphatic carbocycles. The highest BCUT2D eigenvalue weighted by Crippen LogP contribution is 2.25. The van der Waals surface area contributed by atoms with Gasteiger partial charge >= 0.3 is 0 Å². The normalized spacial score (nSPS) is 13.6. The Morgan fingerprint density at radius 1 is 1.17 bits per heavy atom. The van der Waals surface area contributed by atoms with Gasteiger partial charge in [-0.25, -0.2) is 13.8 Å². The summed E-state index contributed by atoms with van der Waals surface area (Å²) >= 11 is 0. The van der Waals surface area contributed by atoms with Gasteiger partial charge in [0.05, 0.1) is 12.3 Å². The Morgan fingerprint density at radius 3 is 2.69 bits per heavy atom. The molecule has 1 aliphatic rings. The Hall–Kier alpha value is -3.55. The molecule has 0 fully saturated rings. The molecule has 3 aromatic rings.